The van der Waals surface area contributed by atoms with E-state index in [1.54, 1.807) is 44.3 Å². The minimum absolute atomic E-state index is 0.115. The first-order valence-electron chi connectivity index (χ1n) is 7.90. The van der Waals surface area contributed by atoms with Crippen LogP contribution in [0.15, 0.2) is 35.1 Å². The van der Waals surface area contributed by atoms with Gasteiger partial charge in [-0.2, -0.15) is 0 Å². The van der Waals surface area contributed by atoms with Crippen LogP contribution in [0.5, 0.6) is 0 Å². The van der Waals surface area contributed by atoms with E-state index in [1.165, 1.54) is 9.36 Å². The summed E-state index contributed by atoms with van der Waals surface area (Å²) in [5.74, 6) is -2.75. The second-order valence-electron chi connectivity index (χ2n) is 5.80. The van der Waals surface area contributed by atoms with Crippen LogP contribution in [0.3, 0.4) is 0 Å². The van der Waals surface area contributed by atoms with E-state index in [2.05, 4.69) is 5.32 Å². The van der Waals surface area contributed by atoms with Gasteiger partial charge in [-0.3, -0.25) is 29.2 Å². The maximum atomic E-state index is 12.7. The number of para-hydroxylation sites is 1. The summed E-state index contributed by atoms with van der Waals surface area (Å²) < 4.78 is 2.85. The predicted molar refractivity (Wildman–Crippen MR) is 93.1 cm³/mol. The number of amides is 2. The number of carbonyl (C=O) groups is 3. The molecule has 0 aliphatic rings. The van der Waals surface area contributed by atoms with Crippen LogP contribution in [-0.2, 0) is 16.6 Å². The van der Waals surface area contributed by atoms with Gasteiger partial charge in [-0.15, -0.1) is 0 Å². The Morgan fingerprint density at radius 3 is 2.42 bits per heavy atom. The van der Waals surface area contributed by atoms with Crippen LogP contribution in [0.4, 0.5) is 0 Å². The number of rotatable bonds is 6. The number of nitrogens with one attached hydrogen (secondary N) is 1. The molecule has 9 nitrogen and oxygen atoms in total. The Bertz CT molecular complexity index is 898. The first-order valence-corrected chi connectivity index (χ1v) is 7.90. The molecule has 0 aliphatic heterocycles. The van der Waals surface area contributed by atoms with E-state index < -0.39 is 29.4 Å². The Hall–Kier alpha value is -3.20. The van der Waals surface area contributed by atoms with Gasteiger partial charge in [0.25, 0.3) is 11.5 Å². The van der Waals surface area contributed by atoms with Gasteiger partial charge in [-0.25, -0.2) is 4.68 Å². The fourth-order valence-corrected chi connectivity index (χ4v) is 2.49. The fraction of sp³-hybridized carbons (Fsp3) is 0.294. The second kappa shape index (κ2) is 7.79. The Kier molecular flexibility index (Phi) is 5.73. The van der Waals surface area contributed by atoms with Gasteiger partial charge in [-0.05, 0) is 25.5 Å². The van der Waals surface area contributed by atoms with E-state index >= 15 is 0 Å². The molecule has 9 heteroatoms. The maximum Gasteiger partial charge on any atom is 0.320 e. The van der Waals surface area contributed by atoms with Gasteiger partial charge >= 0.3 is 5.97 Å². The van der Waals surface area contributed by atoms with Crippen molar-refractivity contribution in [3.8, 4) is 5.69 Å². The summed E-state index contributed by atoms with van der Waals surface area (Å²) in [6.07, 6.45) is -0.353. The molecule has 0 bridgehead atoms. The van der Waals surface area contributed by atoms with E-state index in [4.69, 9.17) is 10.8 Å². The van der Waals surface area contributed by atoms with Gasteiger partial charge in [0.2, 0.25) is 5.91 Å². The summed E-state index contributed by atoms with van der Waals surface area (Å²) in [5.41, 5.74) is 5.60. The molecule has 2 aromatic rings. The van der Waals surface area contributed by atoms with Crippen molar-refractivity contribution in [2.45, 2.75) is 25.8 Å². The highest BCUT2D eigenvalue weighted by molar-refractivity contribution is 6.05. The van der Waals surface area contributed by atoms with Gasteiger partial charge < -0.3 is 10.8 Å². The van der Waals surface area contributed by atoms with Crippen molar-refractivity contribution in [2.75, 3.05) is 0 Å². The minimum Gasteiger partial charge on any atom is -0.480 e. The minimum atomic E-state index is -1.23. The number of benzene rings is 1. The molecule has 1 atom stereocenters. The summed E-state index contributed by atoms with van der Waals surface area (Å²) in [5, 5.41) is 10.8. The van der Waals surface area contributed by atoms with Crippen LogP contribution < -0.4 is 16.6 Å². The summed E-state index contributed by atoms with van der Waals surface area (Å²) in [6, 6.07) is 7.59. The zero-order valence-corrected chi connectivity index (χ0v) is 14.4. The monoisotopic (exact) mass is 360 g/mol. The van der Waals surface area contributed by atoms with Crippen molar-refractivity contribution in [2.24, 2.45) is 12.8 Å². The van der Waals surface area contributed by atoms with Gasteiger partial charge in [0.05, 0.1) is 11.4 Å². The lowest BCUT2D eigenvalue weighted by atomic mass is 10.1. The number of imide groups is 1. The van der Waals surface area contributed by atoms with Gasteiger partial charge in [-0.1, -0.05) is 18.2 Å². The van der Waals surface area contributed by atoms with Crippen LogP contribution in [0, 0.1) is 6.92 Å². The first kappa shape index (κ1) is 19.1. The van der Waals surface area contributed by atoms with Crippen LogP contribution in [0.1, 0.15) is 28.9 Å². The quantitative estimate of drug-likeness (QED) is 0.660. The number of carboxylic acid groups (broad SMARTS) is 1. The molecule has 2 amide bonds. The molecule has 0 radical (unpaired) electrons. The largest absolute Gasteiger partial charge is 0.480 e. The van der Waals surface area contributed by atoms with Crippen LogP contribution in [0.2, 0.25) is 0 Å². The van der Waals surface area contributed by atoms with Gasteiger partial charge in [0.15, 0.2) is 0 Å². The lowest BCUT2D eigenvalue weighted by Gasteiger charge is -2.07. The van der Waals surface area contributed by atoms with Crippen molar-refractivity contribution in [3.63, 3.8) is 0 Å². The molecule has 0 spiro atoms. The Morgan fingerprint density at radius 2 is 1.85 bits per heavy atom. The number of carbonyl (C=O) groups excluding carboxylic acids is 2. The van der Waals surface area contributed by atoms with Crippen molar-refractivity contribution in [1.29, 1.82) is 0 Å². The van der Waals surface area contributed by atoms with Crippen molar-refractivity contribution in [3.05, 3.63) is 51.9 Å². The smallest absolute Gasteiger partial charge is 0.320 e. The van der Waals surface area contributed by atoms with Gasteiger partial charge in [0.1, 0.15) is 11.6 Å². The van der Waals surface area contributed by atoms with E-state index in [1.807, 2.05) is 0 Å². The number of aliphatic carboxylic acids is 1. The maximum absolute atomic E-state index is 12.7. The van der Waals surface area contributed by atoms with Crippen molar-refractivity contribution in [1.82, 2.24) is 14.7 Å². The molecule has 0 fully saturated rings. The highest BCUT2D eigenvalue weighted by atomic mass is 16.4. The summed E-state index contributed by atoms with van der Waals surface area (Å²) in [7, 11) is 1.63. The number of hydrogen-bond donors (Lipinski definition) is 3. The standard InChI is InChI=1S/C17H20N4O5/c1-10-14(15(23)19-13(22)9-8-12(18)17(25)26)16(24)21(20(10)2)11-6-4-3-5-7-11/h3-7,12H,8-9,18H2,1-2H3,(H,25,26)(H,19,22,23)/t12-/m0/s1. The van der Waals surface area contributed by atoms with Crippen LogP contribution in [-0.4, -0.2) is 38.3 Å². The van der Waals surface area contributed by atoms with Crippen molar-refractivity contribution < 1.29 is 19.5 Å². The number of aromatic nitrogens is 2. The Labute approximate surface area is 149 Å². The Balaban J connectivity index is 2.21. The molecule has 0 aliphatic carbocycles. The molecular formula is C17H20N4O5. The Morgan fingerprint density at radius 1 is 1.23 bits per heavy atom. The molecular weight excluding hydrogens is 340 g/mol. The number of nitrogens with zero attached hydrogens (tertiary/aromatic N) is 2. The zero-order valence-electron chi connectivity index (χ0n) is 14.4. The third kappa shape index (κ3) is 3.89. The SMILES string of the molecule is Cc1c(C(=O)NC(=O)CC[C@H](N)C(=O)O)c(=O)n(-c2ccccc2)n1C. The third-order valence-electron chi connectivity index (χ3n) is 4.03. The molecule has 1 aromatic carbocycles. The molecule has 1 heterocycles. The molecule has 4 N–H and O–H groups in total. The van der Waals surface area contributed by atoms with E-state index in [9.17, 15) is 19.2 Å². The highest BCUT2D eigenvalue weighted by Crippen LogP contribution is 2.10. The molecule has 1 aromatic heterocycles. The normalized spacial score (nSPS) is 11.8. The van der Waals surface area contributed by atoms with E-state index in [0.717, 1.165) is 0 Å². The number of nitrogens with two attached hydrogens (primary N) is 1. The van der Waals surface area contributed by atoms with E-state index in [-0.39, 0.29) is 18.4 Å². The molecule has 0 saturated carbocycles. The summed E-state index contributed by atoms with van der Waals surface area (Å²) in [4.78, 5) is 47.5. The van der Waals surface area contributed by atoms with Crippen molar-refractivity contribution >= 4 is 17.8 Å². The lowest BCUT2D eigenvalue weighted by Crippen LogP contribution is -2.36. The summed E-state index contributed by atoms with van der Waals surface area (Å²) in [6.45, 7) is 1.60. The second-order valence-corrected chi connectivity index (χ2v) is 5.80. The fourth-order valence-electron chi connectivity index (χ4n) is 2.49. The third-order valence-corrected chi connectivity index (χ3v) is 4.03. The van der Waals surface area contributed by atoms with Crippen LogP contribution in [0.25, 0.3) is 5.69 Å². The van der Waals surface area contributed by atoms with Crippen LogP contribution >= 0.6 is 0 Å². The molecule has 26 heavy (non-hydrogen) atoms. The molecule has 0 unspecified atom stereocenters. The van der Waals surface area contributed by atoms with Gasteiger partial charge in [0, 0.05) is 13.5 Å². The van der Waals surface area contributed by atoms with E-state index in [0.29, 0.717) is 11.4 Å². The zero-order chi connectivity index (χ0) is 19.4. The predicted octanol–water partition coefficient (Wildman–Crippen LogP) is -0.0671. The molecule has 2 rings (SSSR count). The molecule has 0 saturated heterocycles. The average molecular weight is 360 g/mol. The lowest BCUT2D eigenvalue weighted by molar-refractivity contribution is -0.138. The number of carboxylic acids is 1. The topological polar surface area (TPSA) is 136 Å². The first-order chi connectivity index (χ1) is 12.2. The summed E-state index contributed by atoms with van der Waals surface area (Å²) >= 11 is 0. The molecule has 138 valence electrons. The highest BCUT2D eigenvalue weighted by Gasteiger charge is 2.24. The number of hydrogen-bond acceptors (Lipinski definition) is 5. The average Bonchev–Trinajstić information content (AvgIpc) is 2.82.